The summed E-state index contributed by atoms with van der Waals surface area (Å²) >= 11 is 0. The number of amides is 1. The molecule has 10 nitrogen and oxygen atoms in total. The minimum atomic E-state index is -3.02. The van der Waals surface area contributed by atoms with Crippen molar-refractivity contribution >= 4 is 15.7 Å². The standard InChI is InChI=1S/C19H27N5O5S/c1-11-15(18(26)21-19(27)20-11)5-6-17(25)23(4)9-16-12(2)22-24(13(16)3)14-7-8-30(28,29)10-14/h14H,5-10H2,1-4H3,(H2,20,21,26,27). The highest BCUT2D eigenvalue weighted by Gasteiger charge is 2.31. The fraction of sp³-hybridized carbons (Fsp3) is 0.579. The Balaban J connectivity index is 1.69. The van der Waals surface area contributed by atoms with Gasteiger partial charge in [-0.3, -0.25) is 19.3 Å². The Morgan fingerprint density at radius 3 is 2.50 bits per heavy atom. The van der Waals surface area contributed by atoms with E-state index in [2.05, 4.69) is 15.1 Å². The van der Waals surface area contributed by atoms with Gasteiger partial charge in [0.1, 0.15) is 0 Å². The summed E-state index contributed by atoms with van der Waals surface area (Å²) in [5, 5.41) is 4.53. The van der Waals surface area contributed by atoms with E-state index in [0.29, 0.717) is 24.2 Å². The summed E-state index contributed by atoms with van der Waals surface area (Å²) < 4.78 is 25.4. The van der Waals surface area contributed by atoms with Crippen LogP contribution in [0.15, 0.2) is 9.59 Å². The first kappa shape index (κ1) is 22.0. The molecule has 0 aromatic carbocycles. The summed E-state index contributed by atoms with van der Waals surface area (Å²) in [4.78, 5) is 42.1. The van der Waals surface area contributed by atoms with Gasteiger partial charge in [0.15, 0.2) is 9.84 Å². The van der Waals surface area contributed by atoms with Crippen LogP contribution in [0.5, 0.6) is 0 Å². The molecule has 0 radical (unpaired) electrons. The molecule has 0 saturated carbocycles. The van der Waals surface area contributed by atoms with Crippen LogP contribution in [-0.4, -0.2) is 57.5 Å². The van der Waals surface area contributed by atoms with Gasteiger partial charge in [0, 0.05) is 42.5 Å². The number of aromatic nitrogens is 4. The van der Waals surface area contributed by atoms with Gasteiger partial charge in [-0.05, 0) is 33.6 Å². The van der Waals surface area contributed by atoms with Crippen molar-refractivity contribution in [3.05, 3.63) is 49.0 Å². The summed E-state index contributed by atoms with van der Waals surface area (Å²) in [6.07, 6.45) is 0.892. The molecule has 1 atom stereocenters. The molecule has 3 rings (SSSR count). The second kappa shape index (κ2) is 8.21. The van der Waals surface area contributed by atoms with Gasteiger partial charge in [-0.1, -0.05) is 0 Å². The van der Waals surface area contributed by atoms with Crippen molar-refractivity contribution < 1.29 is 13.2 Å². The number of carbonyl (C=O) groups excluding carboxylic acids is 1. The molecule has 164 valence electrons. The Kier molecular flexibility index (Phi) is 6.02. The van der Waals surface area contributed by atoms with Gasteiger partial charge in [0.2, 0.25) is 5.91 Å². The number of carbonyl (C=O) groups is 1. The average Bonchev–Trinajstić information content (AvgIpc) is 3.13. The molecular formula is C19H27N5O5S. The fourth-order valence-corrected chi connectivity index (χ4v) is 5.62. The Bertz CT molecular complexity index is 1190. The van der Waals surface area contributed by atoms with Crippen LogP contribution in [0.25, 0.3) is 0 Å². The van der Waals surface area contributed by atoms with Crippen molar-refractivity contribution in [1.82, 2.24) is 24.6 Å². The highest BCUT2D eigenvalue weighted by atomic mass is 32.2. The Hall–Kier alpha value is -2.69. The van der Waals surface area contributed by atoms with Crippen molar-refractivity contribution in [3.63, 3.8) is 0 Å². The largest absolute Gasteiger partial charge is 0.341 e. The third kappa shape index (κ3) is 4.55. The third-order valence-electron chi connectivity index (χ3n) is 5.69. The summed E-state index contributed by atoms with van der Waals surface area (Å²) in [6, 6.07) is -0.168. The normalized spacial score (nSPS) is 17.9. The highest BCUT2D eigenvalue weighted by molar-refractivity contribution is 7.91. The maximum atomic E-state index is 12.6. The average molecular weight is 438 g/mol. The third-order valence-corrected chi connectivity index (χ3v) is 7.44. The summed E-state index contributed by atoms with van der Waals surface area (Å²) in [7, 11) is -1.34. The molecular weight excluding hydrogens is 410 g/mol. The zero-order chi connectivity index (χ0) is 22.2. The minimum Gasteiger partial charge on any atom is -0.341 e. The fourth-order valence-electron chi connectivity index (χ4n) is 3.92. The summed E-state index contributed by atoms with van der Waals surface area (Å²) in [5.74, 6) is 0.124. The molecule has 0 aliphatic carbocycles. The molecule has 0 spiro atoms. The molecule has 1 amide bonds. The minimum absolute atomic E-state index is 0.0935. The van der Waals surface area contributed by atoms with E-state index in [4.69, 9.17) is 0 Å². The van der Waals surface area contributed by atoms with Gasteiger partial charge in [-0.25, -0.2) is 13.2 Å². The Labute approximate surface area is 174 Å². The lowest BCUT2D eigenvalue weighted by Crippen LogP contribution is -2.30. The van der Waals surface area contributed by atoms with Crippen LogP contribution in [-0.2, 0) is 27.6 Å². The lowest BCUT2D eigenvalue weighted by Gasteiger charge is -2.18. The number of aryl methyl sites for hydroxylation is 2. The molecule has 1 fully saturated rings. The quantitative estimate of drug-likeness (QED) is 0.659. The van der Waals surface area contributed by atoms with Crippen LogP contribution in [0.1, 0.15) is 47.1 Å². The van der Waals surface area contributed by atoms with Gasteiger partial charge >= 0.3 is 5.69 Å². The molecule has 11 heteroatoms. The molecule has 1 saturated heterocycles. The van der Waals surface area contributed by atoms with E-state index >= 15 is 0 Å². The monoisotopic (exact) mass is 437 g/mol. The molecule has 1 unspecified atom stereocenters. The molecule has 3 heterocycles. The van der Waals surface area contributed by atoms with Crippen LogP contribution in [0.2, 0.25) is 0 Å². The van der Waals surface area contributed by atoms with Crippen LogP contribution in [0.4, 0.5) is 0 Å². The van der Waals surface area contributed by atoms with Crippen molar-refractivity contribution in [2.75, 3.05) is 18.6 Å². The van der Waals surface area contributed by atoms with Gasteiger partial charge in [-0.2, -0.15) is 5.10 Å². The Morgan fingerprint density at radius 1 is 1.20 bits per heavy atom. The van der Waals surface area contributed by atoms with E-state index in [-0.39, 0.29) is 36.3 Å². The first-order valence-electron chi connectivity index (χ1n) is 9.79. The molecule has 0 bridgehead atoms. The van der Waals surface area contributed by atoms with E-state index in [1.165, 1.54) is 0 Å². The number of aromatic amines is 2. The van der Waals surface area contributed by atoms with E-state index in [1.807, 2.05) is 13.8 Å². The number of hydrogen-bond donors (Lipinski definition) is 2. The van der Waals surface area contributed by atoms with Gasteiger partial charge in [0.25, 0.3) is 5.56 Å². The first-order valence-corrected chi connectivity index (χ1v) is 11.6. The van der Waals surface area contributed by atoms with Crippen molar-refractivity contribution in [3.8, 4) is 0 Å². The molecule has 1 aliphatic heterocycles. The number of rotatable bonds is 6. The summed E-state index contributed by atoms with van der Waals surface area (Å²) in [5.41, 5.74) is 2.33. The topological polar surface area (TPSA) is 138 Å². The molecule has 2 aromatic heterocycles. The van der Waals surface area contributed by atoms with Crippen molar-refractivity contribution in [2.24, 2.45) is 0 Å². The number of hydrogen-bond acceptors (Lipinski definition) is 6. The van der Waals surface area contributed by atoms with Gasteiger partial charge in [0.05, 0.1) is 23.2 Å². The lowest BCUT2D eigenvalue weighted by atomic mass is 10.1. The maximum absolute atomic E-state index is 12.6. The molecule has 30 heavy (non-hydrogen) atoms. The van der Waals surface area contributed by atoms with Gasteiger partial charge in [-0.15, -0.1) is 0 Å². The molecule has 1 aliphatic rings. The highest BCUT2D eigenvalue weighted by Crippen LogP contribution is 2.27. The summed E-state index contributed by atoms with van der Waals surface area (Å²) in [6.45, 7) is 5.72. The van der Waals surface area contributed by atoms with E-state index in [9.17, 15) is 22.8 Å². The van der Waals surface area contributed by atoms with Crippen LogP contribution >= 0.6 is 0 Å². The maximum Gasteiger partial charge on any atom is 0.325 e. The predicted molar refractivity (Wildman–Crippen MR) is 111 cm³/mol. The Morgan fingerprint density at radius 2 is 1.90 bits per heavy atom. The lowest BCUT2D eigenvalue weighted by molar-refractivity contribution is -0.130. The number of nitrogens with zero attached hydrogens (tertiary/aromatic N) is 3. The zero-order valence-electron chi connectivity index (χ0n) is 17.6. The zero-order valence-corrected chi connectivity index (χ0v) is 18.4. The first-order chi connectivity index (χ1) is 14.0. The smallest absolute Gasteiger partial charge is 0.325 e. The molecule has 2 N–H and O–H groups in total. The van der Waals surface area contributed by atoms with E-state index in [1.54, 1.807) is 23.6 Å². The van der Waals surface area contributed by atoms with E-state index in [0.717, 1.165) is 17.0 Å². The van der Waals surface area contributed by atoms with E-state index < -0.39 is 21.1 Å². The number of H-pyrrole nitrogens is 2. The second-order valence-corrected chi connectivity index (χ2v) is 10.1. The van der Waals surface area contributed by atoms with Crippen molar-refractivity contribution in [1.29, 1.82) is 0 Å². The number of nitrogens with one attached hydrogen (secondary N) is 2. The predicted octanol–water partition coefficient (Wildman–Crippen LogP) is 0.136. The SMILES string of the molecule is Cc1nn(C2CCS(=O)(=O)C2)c(C)c1CN(C)C(=O)CCc1c(C)[nH]c(=O)[nH]c1=O. The van der Waals surface area contributed by atoms with Crippen molar-refractivity contribution in [2.45, 2.75) is 52.6 Å². The number of sulfone groups is 1. The second-order valence-electron chi connectivity index (χ2n) is 7.91. The van der Waals surface area contributed by atoms with Crippen LogP contribution in [0.3, 0.4) is 0 Å². The van der Waals surface area contributed by atoms with Crippen LogP contribution in [0, 0.1) is 20.8 Å². The van der Waals surface area contributed by atoms with Gasteiger partial charge < -0.3 is 9.88 Å². The molecule has 2 aromatic rings. The van der Waals surface area contributed by atoms with Crippen LogP contribution < -0.4 is 11.2 Å².